The summed E-state index contributed by atoms with van der Waals surface area (Å²) in [7, 11) is -8.17. The van der Waals surface area contributed by atoms with Crippen molar-refractivity contribution in [2.75, 3.05) is 11.0 Å². The predicted octanol–water partition coefficient (Wildman–Crippen LogP) is -5.74. The van der Waals surface area contributed by atoms with Gasteiger partial charge in [0.15, 0.2) is 0 Å². The first-order valence-corrected chi connectivity index (χ1v) is 8.88. The van der Waals surface area contributed by atoms with Crippen LogP contribution in [0.25, 0.3) is 5.69 Å². The van der Waals surface area contributed by atoms with Gasteiger partial charge in [-0.1, -0.05) is 4.90 Å². The van der Waals surface area contributed by atoms with Gasteiger partial charge < -0.3 is 4.55 Å². The molecule has 1 heterocycles. The molecular formula is C11H11Li2N3O5S2. The van der Waals surface area contributed by atoms with Crippen molar-refractivity contribution in [1.82, 2.24) is 9.78 Å². The van der Waals surface area contributed by atoms with Gasteiger partial charge in [-0.25, -0.2) is 8.42 Å². The minimum Gasteiger partial charge on any atom is -0.754 e. The number of aryl methyl sites for hydroxylation is 1. The van der Waals surface area contributed by atoms with E-state index < -0.39 is 25.0 Å². The average Bonchev–Trinajstić information content (AvgIpc) is 2.67. The van der Waals surface area contributed by atoms with Crippen LogP contribution in [0, 0.1) is 13.0 Å². The zero-order chi connectivity index (χ0) is 15.8. The van der Waals surface area contributed by atoms with Crippen LogP contribution in [0.3, 0.4) is 0 Å². The number of benzene rings is 1. The van der Waals surface area contributed by atoms with Crippen LogP contribution in [0.15, 0.2) is 29.2 Å². The fraction of sp³-hybridized carbons (Fsp3) is 0.182. The first kappa shape index (κ1) is 22.3. The second kappa shape index (κ2) is 7.91. The number of rotatable bonds is 4. The molecule has 0 amide bonds. The van der Waals surface area contributed by atoms with Gasteiger partial charge >= 0.3 is 37.7 Å². The van der Waals surface area contributed by atoms with Crippen LogP contribution in [0.1, 0.15) is 5.69 Å². The van der Waals surface area contributed by atoms with E-state index in [-0.39, 0.29) is 49.2 Å². The summed E-state index contributed by atoms with van der Waals surface area (Å²) < 4.78 is 59.1. The van der Waals surface area contributed by atoms with Crippen molar-refractivity contribution in [3.05, 3.63) is 36.0 Å². The van der Waals surface area contributed by atoms with Crippen molar-refractivity contribution >= 4 is 26.0 Å². The molecule has 0 unspecified atom stereocenters. The summed E-state index contributed by atoms with van der Waals surface area (Å²) in [6, 6.07) is 7.50. The zero-order valence-corrected chi connectivity index (χ0v) is 14.7. The van der Waals surface area contributed by atoms with Gasteiger partial charge in [0.25, 0.3) is 0 Å². The van der Waals surface area contributed by atoms with E-state index in [0.29, 0.717) is 5.69 Å². The van der Waals surface area contributed by atoms with Crippen LogP contribution >= 0.6 is 0 Å². The molecule has 8 nitrogen and oxygen atoms in total. The second-order valence-electron chi connectivity index (χ2n) is 4.34. The summed E-state index contributed by atoms with van der Waals surface area (Å²) in [5.41, 5.74) is 0.711. The van der Waals surface area contributed by atoms with Gasteiger partial charge in [0.05, 0.1) is 22.1 Å². The Morgan fingerprint density at radius 2 is 1.78 bits per heavy atom. The molecule has 2 aromatic rings. The Labute approximate surface area is 158 Å². The van der Waals surface area contributed by atoms with E-state index in [1.807, 2.05) is 0 Å². The van der Waals surface area contributed by atoms with Crippen molar-refractivity contribution in [1.29, 1.82) is 0 Å². The molecule has 23 heavy (non-hydrogen) atoms. The molecule has 114 valence electrons. The molecule has 0 saturated carbocycles. The van der Waals surface area contributed by atoms with Crippen LogP contribution in [0.2, 0.25) is 0 Å². The van der Waals surface area contributed by atoms with Crippen molar-refractivity contribution in [2.45, 2.75) is 11.8 Å². The Kier molecular flexibility index (Phi) is 7.66. The first-order chi connectivity index (χ1) is 9.56. The van der Waals surface area contributed by atoms with Crippen LogP contribution in [0.5, 0.6) is 0 Å². The van der Waals surface area contributed by atoms with Crippen molar-refractivity contribution in [3.63, 3.8) is 0 Å². The summed E-state index contributed by atoms with van der Waals surface area (Å²) in [6.07, 6.45) is 0.977. The van der Waals surface area contributed by atoms with Gasteiger partial charge in [-0.05, 0) is 12.6 Å². The van der Waals surface area contributed by atoms with Crippen LogP contribution in [-0.4, -0.2) is 37.4 Å². The number of nitrogens with one attached hydrogen (secondary N) is 1. The molecule has 0 atom stereocenters. The van der Waals surface area contributed by atoms with Crippen LogP contribution in [0.4, 0.5) is 5.82 Å². The number of anilines is 1. The summed E-state index contributed by atoms with van der Waals surface area (Å²) >= 11 is 0. The number of nitrogens with zero attached hydrogens (tertiary/aromatic N) is 2. The van der Waals surface area contributed by atoms with E-state index in [1.165, 1.54) is 16.8 Å². The quantitative estimate of drug-likeness (QED) is 0.335. The molecule has 0 spiro atoms. The van der Waals surface area contributed by atoms with E-state index in [1.54, 1.807) is 6.92 Å². The van der Waals surface area contributed by atoms with Crippen LogP contribution in [-0.2, 0) is 20.1 Å². The maximum absolute atomic E-state index is 11.3. The Morgan fingerprint density at radius 1 is 1.17 bits per heavy atom. The van der Waals surface area contributed by atoms with Crippen LogP contribution < -0.4 is 42.4 Å². The van der Waals surface area contributed by atoms with E-state index in [0.717, 1.165) is 18.4 Å². The summed E-state index contributed by atoms with van der Waals surface area (Å²) in [6.45, 7) is 1.64. The number of aromatic nitrogens is 2. The first-order valence-electron chi connectivity index (χ1n) is 5.58. The third-order valence-corrected chi connectivity index (χ3v) is 3.79. The van der Waals surface area contributed by atoms with Gasteiger partial charge in [0.1, 0.15) is 5.82 Å². The molecule has 0 radical (unpaired) electrons. The molecule has 1 aromatic heterocycles. The fourth-order valence-electron chi connectivity index (χ4n) is 1.66. The zero-order valence-electron chi connectivity index (χ0n) is 13.1. The Balaban J connectivity index is 0.00000242. The van der Waals surface area contributed by atoms with E-state index in [2.05, 4.69) is 15.9 Å². The van der Waals surface area contributed by atoms with Gasteiger partial charge in [0, 0.05) is 6.07 Å². The van der Waals surface area contributed by atoms with E-state index >= 15 is 0 Å². The molecule has 0 aliphatic rings. The van der Waals surface area contributed by atoms with Crippen molar-refractivity contribution in [3.8, 4) is 5.69 Å². The summed E-state index contributed by atoms with van der Waals surface area (Å²) in [5.74, 6) is 0.129. The normalized spacial score (nSPS) is 11.3. The Bertz CT molecular complexity index is 894. The third-order valence-electron chi connectivity index (χ3n) is 2.40. The van der Waals surface area contributed by atoms with E-state index in [9.17, 15) is 21.4 Å². The maximum atomic E-state index is 11.3. The molecular weight excluding hydrogens is 332 g/mol. The minimum atomic E-state index is -4.64. The third kappa shape index (κ3) is 6.01. The maximum Gasteiger partial charge on any atom is 1.00 e. The van der Waals surface area contributed by atoms with E-state index in [4.69, 9.17) is 0 Å². The summed E-state index contributed by atoms with van der Waals surface area (Å²) in [5, 5.41) is 4.06. The fourth-order valence-corrected chi connectivity index (χ4v) is 2.67. The van der Waals surface area contributed by atoms with Gasteiger partial charge in [-0.15, -0.1) is 6.07 Å². The predicted molar refractivity (Wildman–Crippen MR) is 73.6 cm³/mol. The monoisotopic (exact) mass is 343 g/mol. The second-order valence-corrected chi connectivity index (χ2v) is 7.47. The van der Waals surface area contributed by atoms with Gasteiger partial charge in [-0.2, -0.15) is 23.3 Å². The largest absolute Gasteiger partial charge is 1.00 e. The standard InChI is InChI=1S/C11H12N3O5S2.2Li/c1-8-6-11(13-20(2,15)16)14(12-8)9-4-3-5-10(7-9)21(17,18)19;;/h4-7,13H,1-2H3,(H,17,18,19);;/q-1;2*+1/p-1. The molecule has 1 aromatic carbocycles. The molecule has 12 heteroatoms. The number of hydrogen-bond acceptors (Lipinski definition) is 6. The average molecular weight is 343 g/mol. The van der Waals surface area contributed by atoms with Crippen molar-refractivity contribution < 1.29 is 59.1 Å². The molecule has 0 aliphatic heterocycles. The number of hydrogen-bond donors (Lipinski definition) is 1. The van der Waals surface area contributed by atoms with Crippen molar-refractivity contribution in [2.24, 2.45) is 0 Å². The number of sulfonamides is 1. The van der Waals surface area contributed by atoms with Gasteiger partial charge in [0.2, 0.25) is 10.0 Å². The molecule has 0 saturated heterocycles. The molecule has 0 aliphatic carbocycles. The molecule has 1 N–H and O–H groups in total. The molecule has 2 rings (SSSR count). The van der Waals surface area contributed by atoms with Gasteiger partial charge in [-0.3, -0.25) is 17.8 Å². The smallest absolute Gasteiger partial charge is 0.754 e. The topological polar surface area (TPSA) is 121 Å². The Hall–Kier alpha value is -0.715. The summed E-state index contributed by atoms with van der Waals surface area (Å²) in [4.78, 5) is -0.474. The molecule has 0 fully saturated rings. The molecule has 0 bridgehead atoms. The SMILES string of the molecule is Cc1cc(NS(C)(=O)=O)n(-c2c[c-]cc(S(=O)(=O)[O-])c2)n1.[Li+].[Li+]. The Morgan fingerprint density at radius 3 is 2.30 bits per heavy atom. The minimum absolute atomic E-state index is 0.